The summed E-state index contributed by atoms with van der Waals surface area (Å²) >= 11 is 0. The summed E-state index contributed by atoms with van der Waals surface area (Å²) in [4.78, 5) is 26.8. The van der Waals surface area contributed by atoms with Crippen molar-refractivity contribution in [2.45, 2.75) is 57.5 Å². The van der Waals surface area contributed by atoms with Crippen LogP contribution in [-0.2, 0) is 11.3 Å². The summed E-state index contributed by atoms with van der Waals surface area (Å²) < 4.78 is 0. The van der Waals surface area contributed by atoms with Gasteiger partial charge in [0, 0.05) is 25.7 Å². The third kappa shape index (κ3) is 5.21. The molecule has 1 heterocycles. The molecular formula is C20H29N3O2. The van der Waals surface area contributed by atoms with Crippen molar-refractivity contribution in [2.75, 3.05) is 13.1 Å². The zero-order valence-electron chi connectivity index (χ0n) is 14.9. The fourth-order valence-electron chi connectivity index (χ4n) is 3.82. The number of urea groups is 1. The normalized spacial score (nSPS) is 21.6. The molecule has 1 aliphatic carbocycles. The number of piperidine rings is 1. The summed E-state index contributed by atoms with van der Waals surface area (Å²) in [6.07, 6.45) is 7.60. The summed E-state index contributed by atoms with van der Waals surface area (Å²) in [6.45, 7) is 1.82. The van der Waals surface area contributed by atoms with Crippen LogP contribution in [0.5, 0.6) is 0 Å². The second-order valence-corrected chi connectivity index (χ2v) is 7.27. The van der Waals surface area contributed by atoms with Crippen LogP contribution in [0, 0.1) is 5.92 Å². The van der Waals surface area contributed by atoms with Crippen LogP contribution in [0.1, 0.15) is 50.5 Å². The molecule has 0 aromatic heterocycles. The SMILES string of the molecule is O=C(NCc1ccccc1)C1CCCN(C(=O)NC2CCCCC2)C1. The molecule has 2 N–H and O–H groups in total. The van der Waals surface area contributed by atoms with Crippen molar-refractivity contribution in [1.29, 1.82) is 0 Å². The van der Waals surface area contributed by atoms with Gasteiger partial charge in [0.25, 0.3) is 0 Å². The van der Waals surface area contributed by atoms with Gasteiger partial charge in [0.1, 0.15) is 0 Å². The van der Waals surface area contributed by atoms with Crippen LogP contribution in [0.15, 0.2) is 30.3 Å². The second-order valence-electron chi connectivity index (χ2n) is 7.27. The molecule has 5 heteroatoms. The number of hydrogen-bond donors (Lipinski definition) is 2. The molecule has 1 saturated heterocycles. The first-order chi connectivity index (χ1) is 12.2. The number of carbonyl (C=O) groups is 2. The van der Waals surface area contributed by atoms with E-state index in [4.69, 9.17) is 0 Å². The molecule has 3 rings (SSSR count). The predicted octanol–water partition coefficient (Wildman–Crippen LogP) is 3.06. The van der Waals surface area contributed by atoms with E-state index in [1.54, 1.807) is 0 Å². The number of carbonyl (C=O) groups excluding carboxylic acids is 2. The summed E-state index contributed by atoms with van der Waals surface area (Å²) in [5.41, 5.74) is 1.10. The van der Waals surface area contributed by atoms with Gasteiger partial charge in [-0.1, -0.05) is 49.6 Å². The zero-order valence-corrected chi connectivity index (χ0v) is 14.9. The van der Waals surface area contributed by atoms with E-state index in [1.165, 1.54) is 19.3 Å². The highest BCUT2D eigenvalue weighted by Gasteiger charge is 2.29. The molecular weight excluding hydrogens is 314 g/mol. The fourth-order valence-corrected chi connectivity index (χ4v) is 3.82. The molecule has 3 amide bonds. The third-order valence-corrected chi connectivity index (χ3v) is 5.32. The fraction of sp³-hybridized carbons (Fsp3) is 0.600. The predicted molar refractivity (Wildman–Crippen MR) is 98.0 cm³/mol. The number of nitrogens with one attached hydrogen (secondary N) is 2. The minimum atomic E-state index is -0.102. The zero-order chi connectivity index (χ0) is 17.5. The minimum absolute atomic E-state index is 0.00691. The summed E-state index contributed by atoms with van der Waals surface area (Å²) in [5, 5.41) is 6.17. The molecule has 2 aliphatic rings. The van der Waals surface area contributed by atoms with Gasteiger partial charge in [0.05, 0.1) is 5.92 Å². The van der Waals surface area contributed by atoms with Gasteiger partial charge in [-0.25, -0.2) is 4.79 Å². The average Bonchev–Trinajstić information content (AvgIpc) is 2.68. The van der Waals surface area contributed by atoms with Gasteiger partial charge in [-0.05, 0) is 31.2 Å². The van der Waals surface area contributed by atoms with Crippen LogP contribution >= 0.6 is 0 Å². The average molecular weight is 343 g/mol. The Hall–Kier alpha value is -2.04. The van der Waals surface area contributed by atoms with Crippen molar-refractivity contribution in [1.82, 2.24) is 15.5 Å². The number of nitrogens with zero attached hydrogens (tertiary/aromatic N) is 1. The molecule has 0 bridgehead atoms. The number of likely N-dealkylation sites (tertiary alicyclic amines) is 1. The number of benzene rings is 1. The van der Waals surface area contributed by atoms with Crippen LogP contribution in [0.4, 0.5) is 4.79 Å². The topological polar surface area (TPSA) is 61.4 Å². The van der Waals surface area contributed by atoms with Crippen LogP contribution in [0.3, 0.4) is 0 Å². The van der Waals surface area contributed by atoms with E-state index in [1.807, 2.05) is 35.2 Å². The molecule has 1 atom stereocenters. The van der Waals surface area contributed by atoms with Gasteiger partial charge < -0.3 is 15.5 Å². The number of rotatable bonds is 4. The molecule has 0 radical (unpaired) electrons. The standard InChI is InChI=1S/C20H29N3O2/c24-19(21-14-16-8-3-1-4-9-16)17-10-7-13-23(15-17)20(25)22-18-11-5-2-6-12-18/h1,3-4,8-9,17-18H,2,5-7,10-15H2,(H,21,24)(H,22,25). The maximum absolute atomic E-state index is 12.5. The van der Waals surface area contributed by atoms with Crippen LogP contribution in [0.25, 0.3) is 0 Å². The summed E-state index contributed by atoms with van der Waals surface area (Å²) in [7, 11) is 0. The van der Waals surface area contributed by atoms with E-state index < -0.39 is 0 Å². The largest absolute Gasteiger partial charge is 0.352 e. The quantitative estimate of drug-likeness (QED) is 0.883. The molecule has 25 heavy (non-hydrogen) atoms. The first-order valence-corrected chi connectivity index (χ1v) is 9.59. The van der Waals surface area contributed by atoms with Gasteiger partial charge in [0.2, 0.25) is 5.91 Å². The first-order valence-electron chi connectivity index (χ1n) is 9.59. The van der Waals surface area contributed by atoms with Gasteiger partial charge in [-0.15, -0.1) is 0 Å². The molecule has 1 saturated carbocycles. The Morgan fingerprint density at radius 2 is 1.76 bits per heavy atom. The van der Waals surface area contributed by atoms with E-state index in [-0.39, 0.29) is 17.9 Å². The maximum atomic E-state index is 12.5. The van der Waals surface area contributed by atoms with Crippen molar-refractivity contribution in [3.8, 4) is 0 Å². The highest BCUT2D eigenvalue weighted by atomic mass is 16.2. The van der Waals surface area contributed by atoms with Gasteiger partial charge in [-0.3, -0.25) is 4.79 Å². The number of amides is 3. The van der Waals surface area contributed by atoms with Crippen LogP contribution in [-0.4, -0.2) is 36.0 Å². The van der Waals surface area contributed by atoms with Crippen molar-refractivity contribution in [3.05, 3.63) is 35.9 Å². The Balaban J connectivity index is 1.46. The van der Waals surface area contributed by atoms with E-state index in [0.29, 0.717) is 19.1 Å². The van der Waals surface area contributed by atoms with E-state index in [2.05, 4.69) is 10.6 Å². The molecule has 136 valence electrons. The first kappa shape index (κ1) is 17.8. The lowest BCUT2D eigenvalue weighted by Gasteiger charge is -2.34. The van der Waals surface area contributed by atoms with Crippen molar-refractivity contribution >= 4 is 11.9 Å². The van der Waals surface area contributed by atoms with E-state index in [9.17, 15) is 9.59 Å². The lowest BCUT2D eigenvalue weighted by Crippen LogP contribution is -2.51. The summed E-state index contributed by atoms with van der Waals surface area (Å²) in [6, 6.07) is 10.2. The lowest BCUT2D eigenvalue weighted by atomic mass is 9.95. The molecule has 1 aliphatic heterocycles. The maximum Gasteiger partial charge on any atom is 0.317 e. The lowest BCUT2D eigenvalue weighted by molar-refractivity contribution is -0.126. The van der Waals surface area contributed by atoms with Gasteiger partial charge >= 0.3 is 6.03 Å². The second kappa shape index (κ2) is 8.88. The Morgan fingerprint density at radius 3 is 2.52 bits per heavy atom. The molecule has 5 nitrogen and oxygen atoms in total. The van der Waals surface area contributed by atoms with Gasteiger partial charge in [0.15, 0.2) is 0 Å². The highest BCUT2D eigenvalue weighted by Crippen LogP contribution is 2.20. The number of hydrogen-bond acceptors (Lipinski definition) is 2. The molecule has 1 unspecified atom stereocenters. The Labute approximate surface area is 150 Å². The van der Waals surface area contributed by atoms with E-state index >= 15 is 0 Å². The molecule has 0 spiro atoms. The Morgan fingerprint density at radius 1 is 1.00 bits per heavy atom. The molecule has 2 fully saturated rings. The van der Waals surface area contributed by atoms with Crippen LogP contribution in [0.2, 0.25) is 0 Å². The van der Waals surface area contributed by atoms with Crippen LogP contribution < -0.4 is 10.6 Å². The van der Waals surface area contributed by atoms with Crippen molar-refractivity contribution < 1.29 is 9.59 Å². The minimum Gasteiger partial charge on any atom is -0.352 e. The molecule has 1 aromatic rings. The Kier molecular flexibility index (Phi) is 6.31. The monoisotopic (exact) mass is 343 g/mol. The van der Waals surface area contributed by atoms with Crippen molar-refractivity contribution in [2.24, 2.45) is 5.92 Å². The third-order valence-electron chi connectivity index (χ3n) is 5.32. The van der Waals surface area contributed by atoms with Gasteiger partial charge in [-0.2, -0.15) is 0 Å². The summed E-state index contributed by atoms with van der Waals surface area (Å²) in [5.74, 6) is -0.0476. The Bertz CT molecular complexity index is 570. The van der Waals surface area contributed by atoms with E-state index in [0.717, 1.165) is 37.8 Å². The smallest absolute Gasteiger partial charge is 0.317 e. The highest BCUT2D eigenvalue weighted by molar-refractivity contribution is 5.81. The molecule has 1 aromatic carbocycles. The van der Waals surface area contributed by atoms with Crippen molar-refractivity contribution in [3.63, 3.8) is 0 Å².